The lowest BCUT2D eigenvalue weighted by Gasteiger charge is -2.40. The lowest BCUT2D eigenvalue weighted by atomic mass is 9.83. The summed E-state index contributed by atoms with van der Waals surface area (Å²) in [6, 6.07) is 10.5. The predicted octanol–water partition coefficient (Wildman–Crippen LogP) is 4.79. The van der Waals surface area contributed by atoms with Crippen molar-refractivity contribution >= 4 is 40.5 Å². The Hall–Kier alpha value is -6.14. The van der Waals surface area contributed by atoms with Gasteiger partial charge in [0.15, 0.2) is 5.60 Å². The first-order valence-corrected chi connectivity index (χ1v) is 23.8. The number of methoxy groups -OCH3 is 1. The first-order chi connectivity index (χ1) is 32.7. The van der Waals surface area contributed by atoms with E-state index in [4.69, 9.17) is 9.47 Å². The summed E-state index contributed by atoms with van der Waals surface area (Å²) in [5, 5.41) is 39.7. The zero-order chi connectivity index (χ0) is 50.2. The molecule has 370 valence electrons. The molecule has 5 heterocycles. The zero-order valence-corrected chi connectivity index (χ0v) is 41.0. The SMILES string of the molecule is C=CC(=O)N1CCC(O)(C(=O)N(C)[C@H](C(=O)N[C@H]2Cc3cc(O)cc(c3)-c3ccc4c(c3)c(c(-c3cnccc3[C@H](CC)OC)n4CC)CC(C)(C)COC(=O)[C@@]3(O)CCCN(N3)C2=O)C(C)C)C1. The van der Waals surface area contributed by atoms with Gasteiger partial charge in [-0.2, -0.15) is 5.43 Å². The number of pyridine rings is 1. The van der Waals surface area contributed by atoms with Gasteiger partial charge in [0, 0.05) is 87.3 Å². The van der Waals surface area contributed by atoms with Gasteiger partial charge in [0.05, 0.1) is 24.9 Å². The second-order valence-electron chi connectivity index (χ2n) is 19.9. The molecule has 69 heavy (non-hydrogen) atoms. The van der Waals surface area contributed by atoms with Crippen LogP contribution in [-0.2, 0) is 52.8 Å². The number of benzene rings is 2. The van der Waals surface area contributed by atoms with Crippen LogP contribution in [-0.4, -0.2) is 133 Å². The van der Waals surface area contributed by atoms with Crippen LogP contribution in [0.3, 0.4) is 0 Å². The van der Waals surface area contributed by atoms with Crippen molar-refractivity contribution in [2.75, 3.05) is 40.4 Å². The molecule has 3 aliphatic rings. The molecular formula is C52H67N7O10. The van der Waals surface area contributed by atoms with Crippen molar-refractivity contribution in [2.45, 2.75) is 116 Å². The molecule has 17 nitrogen and oxygen atoms in total. The van der Waals surface area contributed by atoms with Crippen LogP contribution in [0.1, 0.15) is 90.0 Å². The molecule has 17 heteroatoms. The summed E-state index contributed by atoms with van der Waals surface area (Å²) in [6.07, 6.45) is 5.62. The van der Waals surface area contributed by atoms with E-state index in [-0.39, 0.29) is 63.8 Å². The molecular weight excluding hydrogens is 883 g/mol. The highest BCUT2D eigenvalue weighted by molar-refractivity contribution is 5.97. The van der Waals surface area contributed by atoms with E-state index in [2.05, 4.69) is 46.8 Å². The number of β-amino-alcohol motifs (C(OH)–C–C–N with tert-alkyl or cyclic N) is 1. The number of likely N-dealkylation sites (N-methyl/N-ethyl adjacent to an activating group) is 1. The number of phenolic OH excluding ortho intramolecular Hbond substituents is 1. The molecule has 0 radical (unpaired) electrons. The maximum absolute atomic E-state index is 14.8. The lowest BCUT2D eigenvalue weighted by molar-refractivity contribution is -0.189. The van der Waals surface area contributed by atoms with Gasteiger partial charge >= 0.3 is 5.97 Å². The summed E-state index contributed by atoms with van der Waals surface area (Å²) in [4.78, 5) is 76.8. The number of cyclic esters (lactones) is 1. The van der Waals surface area contributed by atoms with Gasteiger partial charge in [-0.1, -0.05) is 53.3 Å². The molecule has 0 spiro atoms. The molecule has 5 atom stereocenters. The van der Waals surface area contributed by atoms with E-state index < -0.39 is 64.3 Å². The Labute approximate surface area is 403 Å². The lowest BCUT2D eigenvalue weighted by Crippen LogP contribution is -2.67. The van der Waals surface area contributed by atoms with Crippen molar-refractivity contribution in [1.82, 2.24) is 35.1 Å². The summed E-state index contributed by atoms with van der Waals surface area (Å²) in [5.41, 5.74) is 4.44. The largest absolute Gasteiger partial charge is 0.508 e. The third-order valence-corrected chi connectivity index (χ3v) is 13.8. The van der Waals surface area contributed by atoms with Crippen molar-refractivity contribution in [3.8, 4) is 28.1 Å². The topological polar surface area (TPSA) is 216 Å². The standard InChI is InChI=1S/C52H67N7O10/c1-10-42(68-9)36-16-19-53-28-39(36)45-38-27-50(6,7)30-69-49(65)52(67)17-13-20-59(55-52)47(63)40(24-32-22-34(25-35(60)23-32)33-14-15-41(37(38)26-33)58(45)12-3)54-46(62)44(31(4)5)56(8)48(64)51(66)18-21-57(29-51)43(61)11-2/h11,14-16,19,22-23,25-26,28,31,40,42,44,55,60,66-67H,2,10,12-13,17-18,20-21,24,27,29-30H2,1,3-9H3,(H,54,62)/t40-,42-,44-,51?,52-/m0/s1. The zero-order valence-electron chi connectivity index (χ0n) is 41.0. The van der Waals surface area contributed by atoms with Gasteiger partial charge in [-0.3, -0.25) is 29.2 Å². The highest BCUT2D eigenvalue weighted by Gasteiger charge is 2.49. The second kappa shape index (κ2) is 20.1. The van der Waals surface area contributed by atoms with Crippen LogP contribution in [0.4, 0.5) is 0 Å². The number of aliphatic hydroxyl groups is 2. The number of nitrogens with one attached hydrogen (secondary N) is 2. The van der Waals surface area contributed by atoms with E-state index >= 15 is 0 Å². The minimum atomic E-state index is -2.30. The molecule has 4 aromatic rings. The van der Waals surface area contributed by atoms with Crippen molar-refractivity contribution in [3.63, 3.8) is 0 Å². The van der Waals surface area contributed by atoms with E-state index in [1.807, 2.05) is 44.3 Å². The fraction of sp³-hybridized carbons (Fsp3) is 0.500. The number of amides is 4. The monoisotopic (exact) mass is 949 g/mol. The molecule has 7 rings (SSSR count). The Bertz CT molecular complexity index is 2640. The van der Waals surface area contributed by atoms with E-state index in [0.29, 0.717) is 24.1 Å². The van der Waals surface area contributed by atoms with Crippen molar-refractivity contribution in [1.29, 1.82) is 0 Å². The molecule has 2 saturated heterocycles. The number of aromatic nitrogens is 2. The van der Waals surface area contributed by atoms with Gasteiger partial charge in [-0.25, -0.2) is 4.79 Å². The van der Waals surface area contributed by atoms with E-state index in [0.717, 1.165) is 61.3 Å². The van der Waals surface area contributed by atoms with Gasteiger partial charge < -0.3 is 44.5 Å². The quantitative estimate of drug-likeness (QED) is 0.101. The number of hydrogen-bond donors (Lipinski definition) is 5. The molecule has 5 N–H and O–H groups in total. The third kappa shape index (κ3) is 10.1. The van der Waals surface area contributed by atoms with Crippen molar-refractivity contribution in [2.24, 2.45) is 11.3 Å². The number of esters is 1. The average Bonchev–Trinajstić information content (AvgIpc) is 3.87. The van der Waals surface area contributed by atoms with Crippen LogP contribution in [0.25, 0.3) is 33.3 Å². The molecule has 6 bridgehead atoms. The Kier molecular flexibility index (Phi) is 14.8. The number of carbonyl (C=O) groups excluding carboxylic acids is 5. The van der Waals surface area contributed by atoms with Crippen LogP contribution < -0.4 is 10.7 Å². The highest BCUT2D eigenvalue weighted by Crippen LogP contribution is 2.43. The van der Waals surface area contributed by atoms with E-state index in [9.17, 15) is 39.3 Å². The number of likely N-dealkylation sites (tertiary alicyclic amines) is 1. The first kappa shape index (κ1) is 50.7. The number of ether oxygens (including phenoxy) is 2. The molecule has 3 aliphatic heterocycles. The molecule has 0 saturated carbocycles. The maximum Gasteiger partial charge on any atom is 0.355 e. The number of hydrazine groups is 1. The van der Waals surface area contributed by atoms with Crippen LogP contribution in [0.5, 0.6) is 5.75 Å². The van der Waals surface area contributed by atoms with Gasteiger partial charge in [-0.15, -0.1) is 0 Å². The molecule has 1 unspecified atom stereocenters. The van der Waals surface area contributed by atoms with Gasteiger partial charge in [0.2, 0.25) is 17.5 Å². The number of phenols is 1. The minimum absolute atomic E-state index is 0.0500. The number of aromatic hydroxyl groups is 1. The highest BCUT2D eigenvalue weighted by atomic mass is 16.6. The minimum Gasteiger partial charge on any atom is -0.508 e. The van der Waals surface area contributed by atoms with E-state index in [1.165, 1.54) is 18.0 Å². The summed E-state index contributed by atoms with van der Waals surface area (Å²) in [6.45, 7) is 15.5. The van der Waals surface area contributed by atoms with Crippen LogP contribution in [0, 0.1) is 11.3 Å². The Morgan fingerprint density at radius 2 is 1.83 bits per heavy atom. The van der Waals surface area contributed by atoms with Crippen LogP contribution in [0.2, 0.25) is 0 Å². The van der Waals surface area contributed by atoms with Crippen LogP contribution in [0.15, 0.2) is 67.5 Å². The second-order valence-corrected chi connectivity index (χ2v) is 19.9. The first-order valence-electron chi connectivity index (χ1n) is 23.8. The Morgan fingerprint density at radius 3 is 2.51 bits per heavy atom. The van der Waals surface area contributed by atoms with Gasteiger partial charge in [0.25, 0.3) is 11.8 Å². The number of rotatable bonds is 11. The molecule has 2 fully saturated rings. The fourth-order valence-electron chi connectivity index (χ4n) is 10.4. The summed E-state index contributed by atoms with van der Waals surface area (Å²) in [5.74, 6) is -4.18. The Morgan fingerprint density at radius 1 is 1.07 bits per heavy atom. The summed E-state index contributed by atoms with van der Waals surface area (Å²) in [7, 11) is 3.09. The Balaban J connectivity index is 1.33. The molecule has 2 aromatic carbocycles. The van der Waals surface area contributed by atoms with Gasteiger partial charge in [0.1, 0.15) is 17.8 Å². The average molecular weight is 950 g/mol. The van der Waals surface area contributed by atoms with E-state index in [1.54, 1.807) is 33.2 Å². The number of fused-ring (bicyclic) bond motifs is 6. The normalized spacial score (nSPS) is 22.7. The molecule has 4 amide bonds. The van der Waals surface area contributed by atoms with Crippen molar-refractivity contribution < 1.29 is 48.8 Å². The summed E-state index contributed by atoms with van der Waals surface area (Å²) >= 11 is 0. The number of nitrogens with zero attached hydrogens (tertiary/aromatic N) is 5. The van der Waals surface area contributed by atoms with Crippen LogP contribution >= 0.6 is 0 Å². The van der Waals surface area contributed by atoms with Crippen molar-refractivity contribution in [3.05, 3.63) is 84.2 Å². The number of aryl methyl sites for hydroxylation is 1. The summed E-state index contributed by atoms with van der Waals surface area (Å²) < 4.78 is 14.2. The smallest absolute Gasteiger partial charge is 0.355 e. The fourth-order valence-corrected chi connectivity index (χ4v) is 10.4. The number of carbonyl (C=O) groups is 5. The maximum atomic E-state index is 14.8. The predicted molar refractivity (Wildman–Crippen MR) is 259 cm³/mol. The van der Waals surface area contributed by atoms with Gasteiger partial charge in [-0.05, 0) is 96.3 Å². The number of hydrogen-bond acceptors (Lipinski definition) is 12. The third-order valence-electron chi connectivity index (χ3n) is 13.8. The molecule has 0 aliphatic carbocycles. The molecule has 2 aromatic heterocycles.